The Balaban J connectivity index is 0.00000176. The van der Waals surface area contributed by atoms with Crippen LogP contribution >= 0.6 is 12.4 Å². The van der Waals surface area contributed by atoms with Gasteiger partial charge in [-0.1, -0.05) is 0 Å². The molecule has 1 heterocycles. The number of hydrogen-bond acceptors (Lipinski definition) is 3. The molecule has 5 heteroatoms. The van der Waals surface area contributed by atoms with Crippen LogP contribution in [-0.4, -0.2) is 44.1 Å². The number of rotatable bonds is 5. The van der Waals surface area contributed by atoms with Crippen LogP contribution in [0.15, 0.2) is 24.3 Å². The monoisotopic (exact) mass is 324 g/mol. The molecule has 1 aliphatic heterocycles. The number of carbonyl (C=O) groups excluding carboxylic acids is 1. The van der Waals surface area contributed by atoms with E-state index in [-0.39, 0.29) is 18.3 Å². The number of amides is 1. The van der Waals surface area contributed by atoms with Crippen molar-refractivity contribution in [3.05, 3.63) is 29.8 Å². The molecule has 0 spiro atoms. The molecule has 0 aromatic heterocycles. The number of hydrogen-bond donors (Lipinski definition) is 1. The summed E-state index contributed by atoms with van der Waals surface area (Å²) in [4.78, 5) is 13.4. The summed E-state index contributed by atoms with van der Waals surface area (Å²) in [5, 5.41) is 3.61. The summed E-state index contributed by atoms with van der Waals surface area (Å²) >= 11 is 0. The van der Waals surface area contributed by atoms with Crippen LogP contribution in [0.1, 0.15) is 29.6 Å². The van der Waals surface area contributed by atoms with Gasteiger partial charge in [-0.2, -0.15) is 0 Å². The van der Waals surface area contributed by atoms with Crippen LogP contribution in [0, 0.1) is 11.8 Å². The van der Waals surface area contributed by atoms with Gasteiger partial charge in [0.1, 0.15) is 5.75 Å². The van der Waals surface area contributed by atoms with Crippen LogP contribution in [0.5, 0.6) is 5.75 Å². The minimum atomic E-state index is 0. The largest absolute Gasteiger partial charge is 0.494 e. The minimum absolute atomic E-state index is 0. The molecule has 4 nitrogen and oxygen atoms in total. The smallest absolute Gasteiger partial charge is 0.253 e. The zero-order valence-electron chi connectivity index (χ0n) is 13.2. The molecule has 1 saturated carbocycles. The Bertz CT molecular complexity index is 504. The van der Waals surface area contributed by atoms with Crippen LogP contribution in [0.3, 0.4) is 0 Å². The highest BCUT2D eigenvalue weighted by Crippen LogP contribution is 2.41. The van der Waals surface area contributed by atoms with E-state index in [1.165, 1.54) is 19.4 Å². The molecule has 1 aromatic rings. The van der Waals surface area contributed by atoms with Crippen molar-refractivity contribution in [1.82, 2.24) is 10.2 Å². The molecule has 1 saturated heterocycles. The summed E-state index contributed by atoms with van der Waals surface area (Å²) in [6, 6.07) is 8.05. The predicted octanol–water partition coefficient (Wildman–Crippen LogP) is 2.58. The average Bonchev–Trinajstić information content (AvgIpc) is 2.72. The lowest BCUT2D eigenvalue weighted by Crippen LogP contribution is -2.32. The van der Waals surface area contributed by atoms with Gasteiger partial charge in [0.2, 0.25) is 0 Å². The van der Waals surface area contributed by atoms with E-state index in [1.807, 2.05) is 24.3 Å². The number of ether oxygens (including phenoxy) is 1. The summed E-state index contributed by atoms with van der Waals surface area (Å²) in [6.45, 7) is 1.93. The highest BCUT2D eigenvalue weighted by Gasteiger charge is 2.41. The van der Waals surface area contributed by atoms with Gasteiger partial charge in [0, 0.05) is 25.7 Å². The van der Waals surface area contributed by atoms with E-state index in [2.05, 4.69) is 5.32 Å². The van der Waals surface area contributed by atoms with Crippen LogP contribution in [0.25, 0.3) is 0 Å². The first kappa shape index (κ1) is 17.1. The van der Waals surface area contributed by atoms with Crippen molar-refractivity contribution in [2.24, 2.45) is 11.8 Å². The summed E-state index contributed by atoms with van der Waals surface area (Å²) < 4.78 is 5.81. The Morgan fingerprint density at radius 3 is 2.55 bits per heavy atom. The maximum absolute atomic E-state index is 11.8. The molecule has 1 N–H and O–H groups in total. The Hall–Kier alpha value is -1.26. The Kier molecular flexibility index (Phi) is 5.70. The van der Waals surface area contributed by atoms with Gasteiger partial charge in [-0.15, -0.1) is 12.4 Å². The van der Waals surface area contributed by atoms with Gasteiger partial charge in [0.25, 0.3) is 5.91 Å². The Morgan fingerprint density at radius 2 is 2.00 bits per heavy atom. The number of fused-ring (bicyclic) bond motifs is 1. The van der Waals surface area contributed by atoms with E-state index in [4.69, 9.17) is 4.74 Å². The number of benzene rings is 1. The first-order chi connectivity index (χ1) is 10.1. The van der Waals surface area contributed by atoms with E-state index in [1.54, 1.807) is 19.0 Å². The molecule has 22 heavy (non-hydrogen) atoms. The van der Waals surface area contributed by atoms with Crippen molar-refractivity contribution >= 4 is 18.3 Å². The van der Waals surface area contributed by atoms with Crippen molar-refractivity contribution in [2.75, 3.05) is 27.2 Å². The first-order valence-electron chi connectivity index (χ1n) is 7.83. The normalized spacial score (nSPS) is 25.6. The lowest BCUT2D eigenvalue weighted by atomic mass is 9.72. The highest BCUT2D eigenvalue weighted by atomic mass is 35.5. The van der Waals surface area contributed by atoms with Gasteiger partial charge < -0.3 is 15.0 Å². The van der Waals surface area contributed by atoms with Gasteiger partial charge in [-0.25, -0.2) is 0 Å². The summed E-state index contributed by atoms with van der Waals surface area (Å²) in [5.41, 5.74) is 0.696. The third-order valence-corrected chi connectivity index (χ3v) is 4.84. The molecule has 2 aliphatic rings. The third kappa shape index (κ3) is 3.55. The SMILES string of the molecule is CN(C)C(=O)c1ccc(OCCC2NC[C@H]3CC[C@@H]23)cc1.Cl. The minimum Gasteiger partial charge on any atom is -0.494 e. The van der Waals surface area contributed by atoms with Gasteiger partial charge in [-0.05, 0) is 61.9 Å². The van der Waals surface area contributed by atoms with Crippen molar-refractivity contribution in [1.29, 1.82) is 0 Å². The third-order valence-electron chi connectivity index (χ3n) is 4.84. The number of carbonyl (C=O) groups is 1. The van der Waals surface area contributed by atoms with E-state index >= 15 is 0 Å². The lowest BCUT2D eigenvalue weighted by Gasteiger charge is -2.32. The van der Waals surface area contributed by atoms with E-state index < -0.39 is 0 Å². The molecule has 0 radical (unpaired) electrons. The second-order valence-corrected chi connectivity index (χ2v) is 6.38. The van der Waals surface area contributed by atoms with Crippen molar-refractivity contribution in [3.8, 4) is 5.75 Å². The molecule has 1 amide bonds. The van der Waals surface area contributed by atoms with Gasteiger partial charge in [0.15, 0.2) is 0 Å². The molecule has 1 aliphatic carbocycles. The summed E-state index contributed by atoms with van der Waals surface area (Å²) in [7, 11) is 3.52. The van der Waals surface area contributed by atoms with Crippen LogP contribution in [0.4, 0.5) is 0 Å². The van der Waals surface area contributed by atoms with Crippen molar-refractivity contribution < 1.29 is 9.53 Å². The molecule has 122 valence electrons. The molecule has 2 fully saturated rings. The molecule has 3 atom stereocenters. The van der Waals surface area contributed by atoms with Crippen LogP contribution in [0.2, 0.25) is 0 Å². The van der Waals surface area contributed by atoms with Crippen molar-refractivity contribution in [3.63, 3.8) is 0 Å². The van der Waals surface area contributed by atoms with E-state index in [9.17, 15) is 4.79 Å². The fourth-order valence-corrected chi connectivity index (χ4v) is 3.40. The van der Waals surface area contributed by atoms with Crippen LogP contribution < -0.4 is 10.1 Å². The average molecular weight is 325 g/mol. The first-order valence-corrected chi connectivity index (χ1v) is 7.83. The molecule has 1 aromatic carbocycles. The fourth-order valence-electron chi connectivity index (χ4n) is 3.40. The molecular formula is C17H25ClN2O2. The molecule has 0 bridgehead atoms. The van der Waals surface area contributed by atoms with Gasteiger partial charge in [-0.3, -0.25) is 4.79 Å². The molecule has 3 rings (SSSR count). The van der Waals surface area contributed by atoms with E-state index in [0.717, 1.165) is 30.6 Å². The summed E-state index contributed by atoms with van der Waals surface area (Å²) in [5.74, 6) is 2.67. The van der Waals surface area contributed by atoms with Crippen LogP contribution in [-0.2, 0) is 0 Å². The fraction of sp³-hybridized carbons (Fsp3) is 0.588. The predicted molar refractivity (Wildman–Crippen MR) is 89.8 cm³/mol. The zero-order chi connectivity index (χ0) is 14.8. The molecule has 1 unspecified atom stereocenters. The number of nitrogens with zero attached hydrogens (tertiary/aromatic N) is 1. The summed E-state index contributed by atoms with van der Waals surface area (Å²) in [6.07, 6.45) is 3.85. The number of nitrogens with one attached hydrogen (secondary N) is 1. The maximum atomic E-state index is 11.8. The van der Waals surface area contributed by atoms with E-state index in [0.29, 0.717) is 11.6 Å². The second-order valence-electron chi connectivity index (χ2n) is 6.38. The second kappa shape index (κ2) is 7.34. The Morgan fingerprint density at radius 1 is 1.27 bits per heavy atom. The zero-order valence-corrected chi connectivity index (χ0v) is 14.1. The van der Waals surface area contributed by atoms with Gasteiger partial charge >= 0.3 is 0 Å². The number of halogens is 1. The highest BCUT2D eigenvalue weighted by molar-refractivity contribution is 5.93. The topological polar surface area (TPSA) is 41.6 Å². The van der Waals surface area contributed by atoms with Gasteiger partial charge in [0.05, 0.1) is 6.61 Å². The quantitative estimate of drug-likeness (QED) is 0.905. The standard InChI is InChI=1S/C17H24N2O2.ClH/c1-19(2)17(20)12-3-6-14(7-4-12)21-10-9-16-15-8-5-13(15)11-18-16;/h3-4,6-7,13,15-16,18H,5,8-11H2,1-2H3;1H/t13-,15-,16?;/m1./s1. The van der Waals surface area contributed by atoms with Crippen molar-refractivity contribution in [2.45, 2.75) is 25.3 Å². The Labute approximate surface area is 138 Å². The maximum Gasteiger partial charge on any atom is 0.253 e. The lowest BCUT2D eigenvalue weighted by molar-refractivity contribution is 0.0827. The molecular weight excluding hydrogens is 300 g/mol.